The number of ether oxygens (including phenoxy) is 4. The minimum atomic E-state index is -0.435. The van der Waals surface area contributed by atoms with Crippen LogP contribution in [0, 0.1) is 0 Å². The van der Waals surface area contributed by atoms with E-state index < -0.39 is 18.0 Å². The number of methoxy groups -OCH3 is 1. The molecular formula is C12H12O6. The topological polar surface area (TPSA) is 74.4 Å². The maximum atomic E-state index is 11.2. The Morgan fingerprint density at radius 3 is 2.56 bits per heavy atom. The molecule has 1 aliphatic heterocycles. The second-order valence-corrected chi connectivity index (χ2v) is 3.56. The standard InChI is InChI=1S/C12H12O6/c1-15-11(13)8-2-4-9(5-3-8)17-7-18-12(14)10-6-16-10/h2-5,10H,6-7H2,1H3. The predicted molar refractivity (Wildman–Crippen MR) is 59.1 cm³/mol. The zero-order chi connectivity index (χ0) is 13.0. The van der Waals surface area contributed by atoms with Crippen molar-refractivity contribution in [2.75, 3.05) is 20.5 Å². The van der Waals surface area contributed by atoms with Gasteiger partial charge in [0.1, 0.15) is 5.75 Å². The molecule has 0 radical (unpaired) electrons. The van der Waals surface area contributed by atoms with Crippen molar-refractivity contribution < 1.29 is 28.5 Å². The van der Waals surface area contributed by atoms with Crippen LogP contribution >= 0.6 is 0 Å². The second kappa shape index (κ2) is 5.50. The maximum Gasteiger partial charge on any atom is 0.340 e. The third-order valence-electron chi connectivity index (χ3n) is 2.30. The van der Waals surface area contributed by atoms with Crippen LogP contribution in [0.2, 0.25) is 0 Å². The average Bonchev–Trinajstić information content (AvgIpc) is 3.23. The van der Waals surface area contributed by atoms with E-state index in [1.54, 1.807) is 24.3 Å². The SMILES string of the molecule is COC(=O)c1ccc(OCOC(=O)C2CO2)cc1. The summed E-state index contributed by atoms with van der Waals surface area (Å²) in [7, 11) is 1.31. The molecule has 18 heavy (non-hydrogen) atoms. The van der Waals surface area contributed by atoms with E-state index in [1.807, 2.05) is 0 Å². The van der Waals surface area contributed by atoms with Gasteiger partial charge in [0, 0.05) is 0 Å². The first-order chi connectivity index (χ1) is 8.70. The summed E-state index contributed by atoms with van der Waals surface area (Å²) in [4.78, 5) is 22.3. The molecule has 96 valence electrons. The number of epoxide rings is 1. The summed E-state index contributed by atoms with van der Waals surface area (Å²) in [6.45, 7) is 0.225. The molecule has 1 fully saturated rings. The lowest BCUT2D eigenvalue weighted by molar-refractivity contribution is -0.151. The summed E-state index contributed by atoms with van der Waals surface area (Å²) in [6.07, 6.45) is -0.435. The van der Waals surface area contributed by atoms with E-state index in [2.05, 4.69) is 4.74 Å². The average molecular weight is 252 g/mol. The van der Waals surface area contributed by atoms with Gasteiger partial charge in [-0.25, -0.2) is 9.59 Å². The molecule has 6 nitrogen and oxygen atoms in total. The fraction of sp³-hybridized carbons (Fsp3) is 0.333. The molecule has 1 saturated heterocycles. The lowest BCUT2D eigenvalue weighted by Gasteiger charge is -2.06. The Morgan fingerprint density at radius 1 is 1.33 bits per heavy atom. The molecule has 1 unspecified atom stereocenters. The molecule has 1 aromatic carbocycles. The van der Waals surface area contributed by atoms with Gasteiger partial charge in [-0.05, 0) is 24.3 Å². The Balaban J connectivity index is 1.78. The van der Waals surface area contributed by atoms with Crippen molar-refractivity contribution in [1.82, 2.24) is 0 Å². The monoisotopic (exact) mass is 252 g/mol. The maximum absolute atomic E-state index is 11.2. The summed E-state index contributed by atoms with van der Waals surface area (Å²) < 4.78 is 19.3. The van der Waals surface area contributed by atoms with Crippen molar-refractivity contribution in [3.63, 3.8) is 0 Å². The van der Waals surface area contributed by atoms with Gasteiger partial charge in [-0.1, -0.05) is 0 Å². The molecule has 0 amide bonds. The molecule has 0 spiro atoms. The fourth-order valence-electron chi connectivity index (χ4n) is 1.24. The molecule has 0 aromatic heterocycles. The van der Waals surface area contributed by atoms with Crippen molar-refractivity contribution >= 4 is 11.9 Å². The van der Waals surface area contributed by atoms with Gasteiger partial charge in [-0.2, -0.15) is 0 Å². The Bertz CT molecular complexity index is 434. The number of hydrogen-bond acceptors (Lipinski definition) is 6. The zero-order valence-electron chi connectivity index (χ0n) is 9.75. The first-order valence-corrected chi connectivity index (χ1v) is 5.30. The summed E-state index contributed by atoms with van der Waals surface area (Å²) in [5, 5.41) is 0. The number of esters is 2. The van der Waals surface area contributed by atoms with Gasteiger partial charge in [0.25, 0.3) is 0 Å². The Kier molecular flexibility index (Phi) is 3.78. The molecule has 0 aliphatic carbocycles. The van der Waals surface area contributed by atoms with Crippen LogP contribution in [0.3, 0.4) is 0 Å². The summed E-state index contributed by atoms with van der Waals surface area (Å²) in [5.74, 6) is -0.354. The van der Waals surface area contributed by atoms with Crippen molar-refractivity contribution in [3.8, 4) is 5.75 Å². The van der Waals surface area contributed by atoms with Crippen LogP contribution < -0.4 is 4.74 Å². The smallest absolute Gasteiger partial charge is 0.340 e. The van der Waals surface area contributed by atoms with E-state index >= 15 is 0 Å². The van der Waals surface area contributed by atoms with Gasteiger partial charge in [0.15, 0.2) is 6.10 Å². The number of benzene rings is 1. The molecule has 1 heterocycles. The molecule has 1 atom stereocenters. The van der Waals surface area contributed by atoms with Crippen LogP contribution in [0.25, 0.3) is 0 Å². The Morgan fingerprint density at radius 2 is 2.00 bits per heavy atom. The first-order valence-electron chi connectivity index (χ1n) is 5.30. The molecule has 2 rings (SSSR count). The fourth-order valence-corrected chi connectivity index (χ4v) is 1.24. The molecule has 0 saturated carbocycles. The highest BCUT2D eigenvalue weighted by atomic mass is 16.7. The number of hydrogen-bond donors (Lipinski definition) is 0. The number of carbonyl (C=O) groups is 2. The highest BCUT2D eigenvalue weighted by Gasteiger charge is 2.32. The molecule has 0 N–H and O–H groups in total. The lowest BCUT2D eigenvalue weighted by Crippen LogP contribution is -2.15. The largest absolute Gasteiger partial charge is 0.465 e. The van der Waals surface area contributed by atoms with E-state index in [9.17, 15) is 9.59 Å². The van der Waals surface area contributed by atoms with E-state index in [4.69, 9.17) is 14.2 Å². The first kappa shape index (κ1) is 12.4. The predicted octanol–water partition coefficient (Wildman–Crippen LogP) is 0.752. The van der Waals surface area contributed by atoms with Gasteiger partial charge in [0.2, 0.25) is 6.79 Å². The van der Waals surface area contributed by atoms with Gasteiger partial charge >= 0.3 is 11.9 Å². The van der Waals surface area contributed by atoms with E-state index in [1.165, 1.54) is 7.11 Å². The molecular weight excluding hydrogens is 240 g/mol. The van der Waals surface area contributed by atoms with Crippen LogP contribution in [0.4, 0.5) is 0 Å². The molecule has 0 bridgehead atoms. The van der Waals surface area contributed by atoms with Crippen molar-refractivity contribution in [2.24, 2.45) is 0 Å². The summed E-state index contributed by atoms with van der Waals surface area (Å²) >= 11 is 0. The highest BCUT2D eigenvalue weighted by molar-refractivity contribution is 5.89. The van der Waals surface area contributed by atoms with Crippen LogP contribution in [0.15, 0.2) is 24.3 Å². The van der Waals surface area contributed by atoms with Crippen LogP contribution in [0.5, 0.6) is 5.75 Å². The van der Waals surface area contributed by atoms with E-state index in [0.717, 1.165) is 0 Å². The van der Waals surface area contributed by atoms with Gasteiger partial charge in [-0.15, -0.1) is 0 Å². The quantitative estimate of drug-likeness (QED) is 0.437. The normalized spacial score (nSPS) is 16.8. The second-order valence-electron chi connectivity index (χ2n) is 3.56. The van der Waals surface area contributed by atoms with E-state index in [-0.39, 0.29) is 6.79 Å². The minimum Gasteiger partial charge on any atom is -0.465 e. The minimum absolute atomic E-state index is 0.184. The van der Waals surface area contributed by atoms with Gasteiger partial charge in [-0.3, -0.25) is 0 Å². The molecule has 1 aromatic rings. The van der Waals surface area contributed by atoms with E-state index in [0.29, 0.717) is 17.9 Å². The summed E-state index contributed by atoms with van der Waals surface area (Å²) in [5.41, 5.74) is 0.424. The van der Waals surface area contributed by atoms with Crippen LogP contribution in [0.1, 0.15) is 10.4 Å². The van der Waals surface area contributed by atoms with Gasteiger partial charge < -0.3 is 18.9 Å². The number of rotatable bonds is 5. The van der Waals surface area contributed by atoms with Crippen molar-refractivity contribution in [2.45, 2.75) is 6.10 Å². The van der Waals surface area contributed by atoms with Crippen molar-refractivity contribution in [1.29, 1.82) is 0 Å². The van der Waals surface area contributed by atoms with Crippen molar-refractivity contribution in [3.05, 3.63) is 29.8 Å². The molecule has 1 aliphatic rings. The highest BCUT2D eigenvalue weighted by Crippen LogP contribution is 2.14. The zero-order valence-corrected chi connectivity index (χ0v) is 9.75. The molecule has 6 heteroatoms. The third-order valence-corrected chi connectivity index (χ3v) is 2.30. The summed E-state index contributed by atoms with van der Waals surface area (Å²) in [6, 6.07) is 6.31. The van der Waals surface area contributed by atoms with Gasteiger partial charge in [0.05, 0.1) is 19.3 Å². The number of carbonyl (C=O) groups excluding carboxylic acids is 2. The Labute approximate surface area is 103 Å². The lowest BCUT2D eigenvalue weighted by atomic mass is 10.2. The third kappa shape index (κ3) is 3.21. The van der Waals surface area contributed by atoms with Crippen LogP contribution in [-0.4, -0.2) is 38.6 Å². The Hall–Kier alpha value is -2.08. The van der Waals surface area contributed by atoms with Crippen LogP contribution in [-0.2, 0) is 19.0 Å².